The average Bonchev–Trinajstić information content (AvgIpc) is 2.31. The van der Waals surface area contributed by atoms with Gasteiger partial charge in [0.2, 0.25) is 0 Å². The van der Waals surface area contributed by atoms with E-state index < -0.39 is 6.10 Å². The summed E-state index contributed by atoms with van der Waals surface area (Å²) in [6.45, 7) is 1.90. The van der Waals surface area contributed by atoms with E-state index in [1.807, 2.05) is 6.92 Å². The molecule has 0 aromatic carbocycles. The SMILES string of the molecule is COC(=O)C1=C[C@H](O)[C@@H](C)C1. The van der Waals surface area contributed by atoms with Gasteiger partial charge in [0.1, 0.15) is 0 Å². The lowest BCUT2D eigenvalue weighted by Crippen LogP contribution is -2.08. The fraction of sp³-hybridized carbons (Fsp3) is 0.625. The summed E-state index contributed by atoms with van der Waals surface area (Å²) >= 11 is 0. The minimum Gasteiger partial charge on any atom is -0.466 e. The predicted octanol–water partition coefficient (Wildman–Crippen LogP) is 0.486. The molecule has 0 saturated carbocycles. The van der Waals surface area contributed by atoms with Gasteiger partial charge in [0.15, 0.2) is 0 Å². The van der Waals surface area contributed by atoms with Crippen molar-refractivity contribution in [3.63, 3.8) is 0 Å². The molecule has 0 aromatic heterocycles. The number of esters is 1. The molecule has 0 radical (unpaired) electrons. The third-order valence-corrected chi connectivity index (χ3v) is 1.94. The van der Waals surface area contributed by atoms with Gasteiger partial charge in [-0.25, -0.2) is 4.79 Å². The molecule has 0 aromatic rings. The Morgan fingerprint density at radius 1 is 1.82 bits per heavy atom. The molecule has 0 heterocycles. The maximum absolute atomic E-state index is 10.9. The summed E-state index contributed by atoms with van der Waals surface area (Å²) in [5.74, 6) is -0.183. The quantitative estimate of drug-likeness (QED) is 0.562. The van der Waals surface area contributed by atoms with Crippen LogP contribution in [0.5, 0.6) is 0 Å². The summed E-state index contributed by atoms with van der Waals surface area (Å²) in [7, 11) is 1.35. The van der Waals surface area contributed by atoms with Gasteiger partial charge in [0.05, 0.1) is 13.2 Å². The lowest BCUT2D eigenvalue weighted by molar-refractivity contribution is -0.136. The molecular weight excluding hydrogens is 144 g/mol. The van der Waals surface area contributed by atoms with Gasteiger partial charge in [-0.3, -0.25) is 0 Å². The number of aliphatic hydroxyl groups excluding tert-OH is 1. The van der Waals surface area contributed by atoms with Gasteiger partial charge in [0.25, 0.3) is 0 Å². The van der Waals surface area contributed by atoms with Crippen LogP contribution in [-0.2, 0) is 9.53 Å². The Balaban J connectivity index is 2.63. The summed E-state index contributed by atoms with van der Waals surface area (Å²) in [5.41, 5.74) is 0.590. The number of carbonyl (C=O) groups excluding carboxylic acids is 1. The zero-order chi connectivity index (χ0) is 8.43. The van der Waals surface area contributed by atoms with Crippen LogP contribution in [0.4, 0.5) is 0 Å². The van der Waals surface area contributed by atoms with Crippen LogP contribution in [0, 0.1) is 5.92 Å². The van der Waals surface area contributed by atoms with E-state index in [-0.39, 0.29) is 11.9 Å². The second-order valence-electron chi connectivity index (χ2n) is 2.86. The second-order valence-corrected chi connectivity index (χ2v) is 2.86. The van der Waals surface area contributed by atoms with Gasteiger partial charge in [0, 0.05) is 5.57 Å². The van der Waals surface area contributed by atoms with E-state index in [4.69, 9.17) is 0 Å². The van der Waals surface area contributed by atoms with E-state index in [1.165, 1.54) is 7.11 Å². The number of ether oxygens (including phenoxy) is 1. The number of hydrogen-bond donors (Lipinski definition) is 1. The minimum atomic E-state index is -0.482. The van der Waals surface area contributed by atoms with E-state index in [0.717, 1.165) is 0 Å². The average molecular weight is 156 g/mol. The van der Waals surface area contributed by atoms with Crippen molar-refractivity contribution in [2.24, 2.45) is 5.92 Å². The Labute approximate surface area is 65.7 Å². The molecular formula is C8H12O3. The molecule has 0 unspecified atom stereocenters. The third kappa shape index (κ3) is 1.60. The lowest BCUT2D eigenvalue weighted by atomic mass is 10.1. The van der Waals surface area contributed by atoms with Crippen molar-refractivity contribution >= 4 is 5.97 Å². The maximum Gasteiger partial charge on any atom is 0.333 e. The number of methoxy groups -OCH3 is 1. The topological polar surface area (TPSA) is 46.5 Å². The first kappa shape index (κ1) is 8.27. The zero-order valence-corrected chi connectivity index (χ0v) is 6.70. The molecule has 1 N–H and O–H groups in total. The van der Waals surface area contributed by atoms with Gasteiger partial charge in [-0.1, -0.05) is 6.92 Å². The predicted molar refractivity (Wildman–Crippen MR) is 39.9 cm³/mol. The van der Waals surface area contributed by atoms with Crippen LogP contribution in [0.15, 0.2) is 11.6 Å². The number of rotatable bonds is 1. The van der Waals surface area contributed by atoms with Crippen molar-refractivity contribution in [3.8, 4) is 0 Å². The van der Waals surface area contributed by atoms with Crippen LogP contribution in [-0.4, -0.2) is 24.3 Å². The number of hydrogen-bond acceptors (Lipinski definition) is 3. The van der Waals surface area contributed by atoms with Crippen LogP contribution in [0.3, 0.4) is 0 Å². The number of carbonyl (C=O) groups is 1. The molecule has 2 atom stereocenters. The highest BCUT2D eigenvalue weighted by Crippen LogP contribution is 2.25. The van der Waals surface area contributed by atoms with Gasteiger partial charge in [-0.05, 0) is 18.4 Å². The molecule has 3 nitrogen and oxygen atoms in total. The highest BCUT2D eigenvalue weighted by Gasteiger charge is 2.25. The fourth-order valence-corrected chi connectivity index (χ4v) is 1.19. The first-order chi connectivity index (χ1) is 5.15. The van der Waals surface area contributed by atoms with Crippen molar-refractivity contribution in [1.82, 2.24) is 0 Å². The Morgan fingerprint density at radius 3 is 2.82 bits per heavy atom. The molecule has 0 amide bonds. The first-order valence-corrected chi connectivity index (χ1v) is 3.62. The highest BCUT2D eigenvalue weighted by molar-refractivity contribution is 5.89. The Bertz CT molecular complexity index is 196. The number of aliphatic hydroxyl groups is 1. The summed E-state index contributed by atoms with van der Waals surface area (Å²) in [6.07, 6.45) is 1.70. The van der Waals surface area contributed by atoms with Crippen molar-refractivity contribution in [1.29, 1.82) is 0 Å². The summed E-state index contributed by atoms with van der Waals surface area (Å²) in [6, 6.07) is 0. The van der Waals surface area contributed by atoms with Crippen molar-refractivity contribution in [2.75, 3.05) is 7.11 Å². The van der Waals surface area contributed by atoms with Crippen LogP contribution < -0.4 is 0 Å². The molecule has 1 rings (SSSR count). The largest absolute Gasteiger partial charge is 0.466 e. The minimum absolute atomic E-state index is 0.143. The monoisotopic (exact) mass is 156 g/mol. The van der Waals surface area contributed by atoms with Crippen molar-refractivity contribution < 1.29 is 14.6 Å². The molecule has 1 aliphatic rings. The molecule has 0 aliphatic heterocycles. The van der Waals surface area contributed by atoms with E-state index in [0.29, 0.717) is 12.0 Å². The molecule has 11 heavy (non-hydrogen) atoms. The van der Waals surface area contributed by atoms with E-state index in [9.17, 15) is 9.90 Å². The van der Waals surface area contributed by atoms with Gasteiger partial charge < -0.3 is 9.84 Å². The smallest absolute Gasteiger partial charge is 0.333 e. The zero-order valence-electron chi connectivity index (χ0n) is 6.70. The molecule has 1 aliphatic carbocycles. The molecule has 0 fully saturated rings. The Morgan fingerprint density at radius 2 is 2.45 bits per heavy atom. The maximum atomic E-state index is 10.9. The summed E-state index contributed by atoms with van der Waals surface area (Å²) < 4.78 is 4.51. The third-order valence-electron chi connectivity index (χ3n) is 1.94. The molecule has 0 saturated heterocycles. The summed E-state index contributed by atoms with van der Waals surface area (Å²) in [5, 5.41) is 9.23. The molecule has 3 heteroatoms. The van der Waals surface area contributed by atoms with E-state index in [2.05, 4.69) is 4.74 Å². The Kier molecular flexibility index (Phi) is 2.29. The van der Waals surface area contributed by atoms with Gasteiger partial charge >= 0.3 is 5.97 Å². The van der Waals surface area contributed by atoms with Crippen LogP contribution in [0.25, 0.3) is 0 Å². The van der Waals surface area contributed by atoms with Crippen molar-refractivity contribution in [2.45, 2.75) is 19.4 Å². The Hall–Kier alpha value is -0.830. The molecule has 0 bridgehead atoms. The highest BCUT2D eigenvalue weighted by atomic mass is 16.5. The summed E-state index contributed by atoms with van der Waals surface area (Å²) in [4.78, 5) is 10.9. The van der Waals surface area contributed by atoms with Gasteiger partial charge in [-0.2, -0.15) is 0 Å². The van der Waals surface area contributed by atoms with Gasteiger partial charge in [-0.15, -0.1) is 0 Å². The van der Waals surface area contributed by atoms with Crippen LogP contribution in [0.2, 0.25) is 0 Å². The van der Waals surface area contributed by atoms with E-state index in [1.54, 1.807) is 6.08 Å². The fourth-order valence-electron chi connectivity index (χ4n) is 1.19. The van der Waals surface area contributed by atoms with Crippen LogP contribution in [0.1, 0.15) is 13.3 Å². The standard InChI is InChI=1S/C8H12O3/c1-5-3-6(4-7(5)9)8(10)11-2/h4-5,7,9H,3H2,1-2H3/t5-,7-/m0/s1. The molecule has 62 valence electrons. The first-order valence-electron chi connectivity index (χ1n) is 3.62. The van der Waals surface area contributed by atoms with Crippen LogP contribution >= 0.6 is 0 Å². The van der Waals surface area contributed by atoms with E-state index >= 15 is 0 Å². The lowest BCUT2D eigenvalue weighted by Gasteiger charge is -2.04. The van der Waals surface area contributed by atoms with Crippen molar-refractivity contribution in [3.05, 3.63) is 11.6 Å². The molecule has 0 spiro atoms. The normalized spacial score (nSPS) is 29.9. The second kappa shape index (κ2) is 3.05.